The first-order valence-corrected chi connectivity index (χ1v) is 8.49. The monoisotopic (exact) mass is 367 g/mol. The number of rotatable bonds is 5. The predicted octanol–water partition coefficient (Wildman–Crippen LogP) is 4.27. The van der Waals surface area contributed by atoms with Crippen molar-refractivity contribution in [3.8, 4) is 11.1 Å². The van der Waals surface area contributed by atoms with Gasteiger partial charge in [0, 0.05) is 0 Å². The maximum absolute atomic E-state index is 13.7. The SMILES string of the molecule is C[C@@](O)(CNC(=O)c1c(F)cccc1F)c1ccc(-c2ccccc2)cc1. The molecule has 1 atom stereocenters. The number of hydrogen-bond acceptors (Lipinski definition) is 2. The fourth-order valence-corrected chi connectivity index (χ4v) is 2.81. The molecule has 0 saturated carbocycles. The lowest BCUT2D eigenvalue weighted by atomic mass is 9.93. The average molecular weight is 367 g/mol. The van der Waals surface area contributed by atoms with Crippen LogP contribution in [0.4, 0.5) is 8.78 Å². The Kier molecular flexibility index (Phi) is 5.33. The fraction of sp³-hybridized carbons (Fsp3) is 0.136. The molecule has 0 aliphatic rings. The number of benzene rings is 3. The van der Waals surface area contributed by atoms with Crippen molar-refractivity contribution in [2.24, 2.45) is 0 Å². The predicted molar refractivity (Wildman–Crippen MR) is 100 cm³/mol. The van der Waals surface area contributed by atoms with Crippen molar-refractivity contribution in [1.29, 1.82) is 0 Å². The van der Waals surface area contributed by atoms with Crippen molar-refractivity contribution in [2.75, 3.05) is 6.54 Å². The van der Waals surface area contributed by atoms with E-state index in [0.29, 0.717) is 5.56 Å². The van der Waals surface area contributed by atoms with E-state index in [4.69, 9.17) is 0 Å². The molecule has 0 aliphatic heterocycles. The minimum absolute atomic E-state index is 0.190. The van der Waals surface area contributed by atoms with Crippen molar-refractivity contribution in [3.05, 3.63) is 95.6 Å². The summed E-state index contributed by atoms with van der Waals surface area (Å²) in [7, 11) is 0. The zero-order chi connectivity index (χ0) is 19.4. The van der Waals surface area contributed by atoms with Gasteiger partial charge >= 0.3 is 0 Å². The van der Waals surface area contributed by atoms with Crippen LogP contribution in [-0.4, -0.2) is 17.6 Å². The van der Waals surface area contributed by atoms with Gasteiger partial charge in [-0.25, -0.2) is 8.78 Å². The molecule has 5 heteroatoms. The van der Waals surface area contributed by atoms with E-state index in [1.807, 2.05) is 42.5 Å². The lowest BCUT2D eigenvalue weighted by molar-refractivity contribution is 0.0524. The molecule has 0 aromatic heterocycles. The number of carbonyl (C=O) groups excluding carboxylic acids is 1. The summed E-state index contributed by atoms with van der Waals surface area (Å²) in [5.74, 6) is -2.80. The molecule has 0 heterocycles. The minimum atomic E-state index is -1.40. The average Bonchev–Trinajstić information content (AvgIpc) is 2.67. The van der Waals surface area contributed by atoms with Gasteiger partial charge in [-0.1, -0.05) is 60.7 Å². The van der Waals surface area contributed by atoms with Gasteiger partial charge in [0.05, 0.1) is 6.54 Å². The largest absolute Gasteiger partial charge is 0.384 e. The van der Waals surface area contributed by atoms with E-state index in [2.05, 4.69) is 5.32 Å². The van der Waals surface area contributed by atoms with Crippen LogP contribution in [0, 0.1) is 11.6 Å². The first-order valence-electron chi connectivity index (χ1n) is 8.49. The van der Waals surface area contributed by atoms with Crippen LogP contribution < -0.4 is 5.32 Å². The Morgan fingerprint density at radius 2 is 1.44 bits per heavy atom. The number of halogens is 2. The van der Waals surface area contributed by atoms with Crippen LogP contribution in [0.25, 0.3) is 11.1 Å². The van der Waals surface area contributed by atoms with Gasteiger partial charge < -0.3 is 10.4 Å². The summed E-state index contributed by atoms with van der Waals surface area (Å²) in [6.07, 6.45) is 0. The molecule has 0 unspecified atom stereocenters. The van der Waals surface area contributed by atoms with Gasteiger partial charge in [0.25, 0.3) is 5.91 Å². The number of hydrogen-bond donors (Lipinski definition) is 2. The molecule has 0 saturated heterocycles. The van der Waals surface area contributed by atoms with Gasteiger partial charge in [-0.15, -0.1) is 0 Å². The molecule has 3 aromatic carbocycles. The highest BCUT2D eigenvalue weighted by atomic mass is 19.1. The number of nitrogens with one attached hydrogen (secondary N) is 1. The molecule has 1 amide bonds. The van der Waals surface area contributed by atoms with Gasteiger partial charge in [0.15, 0.2) is 0 Å². The minimum Gasteiger partial charge on any atom is -0.384 e. The summed E-state index contributed by atoms with van der Waals surface area (Å²) < 4.78 is 27.4. The van der Waals surface area contributed by atoms with Crippen LogP contribution in [0.3, 0.4) is 0 Å². The van der Waals surface area contributed by atoms with Gasteiger partial charge in [0.1, 0.15) is 22.8 Å². The molecular weight excluding hydrogens is 348 g/mol. The van der Waals surface area contributed by atoms with Crippen molar-refractivity contribution >= 4 is 5.91 Å². The molecule has 0 fully saturated rings. The van der Waals surface area contributed by atoms with Crippen LogP contribution in [0.5, 0.6) is 0 Å². The zero-order valence-electron chi connectivity index (χ0n) is 14.7. The molecule has 0 aliphatic carbocycles. The molecule has 0 bridgehead atoms. The van der Waals surface area contributed by atoms with Crippen LogP contribution in [0.1, 0.15) is 22.8 Å². The summed E-state index contributed by atoms with van der Waals surface area (Å²) >= 11 is 0. The standard InChI is InChI=1S/C22H19F2NO2/c1-22(27,14-25-21(26)20-18(23)8-5-9-19(20)24)17-12-10-16(11-13-17)15-6-3-2-4-7-15/h2-13,27H,14H2,1H3,(H,25,26)/t22-/m1/s1. The number of aliphatic hydroxyl groups is 1. The molecule has 0 radical (unpaired) electrons. The second-order valence-corrected chi connectivity index (χ2v) is 6.50. The van der Waals surface area contributed by atoms with Gasteiger partial charge in [0.2, 0.25) is 0 Å². The Hall–Kier alpha value is -3.05. The summed E-state index contributed by atoms with van der Waals surface area (Å²) in [5.41, 5.74) is 0.566. The van der Waals surface area contributed by atoms with E-state index in [0.717, 1.165) is 23.3 Å². The van der Waals surface area contributed by atoms with Crippen LogP contribution in [0.15, 0.2) is 72.8 Å². The molecule has 3 aromatic rings. The van der Waals surface area contributed by atoms with Crippen molar-refractivity contribution < 1.29 is 18.7 Å². The fourth-order valence-electron chi connectivity index (χ4n) is 2.81. The Bertz CT molecular complexity index is 918. The Labute approximate surface area is 156 Å². The zero-order valence-corrected chi connectivity index (χ0v) is 14.7. The highest BCUT2D eigenvalue weighted by Crippen LogP contribution is 2.25. The quantitative estimate of drug-likeness (QED) is 0.708. The summed E-state index contributed by atoms with van der Waals surface area (Å²) in [4.78, 5) is 12.1. The van der Waals surface area contributed by atoms with Crippen LogP contribution in [0.2, 0.25) is 0 Å². The third kappa shape index (κ3) is 4.20. The molecule has 0 spiro atoms. The Balaban J connectivity index is 1.72. The summed E-state index contributed by atoms with van der Waals surface area (Å²) in [6.45, 7) is 1.34. The molecule has 138 valence electrons. The summed E-state index contributed by atoms with van der Waals surface area (Å²) in [6, 6.07) is 20.3. The van der Waals surface area contributed by atoms with Gasteiger partial charge in [-0.2, -0.15) is 0 Å². The smallest absolute Gasteiger partial charge is 0.257 e. The lowest BCUT2D eigenvalue weighted by Crippen LogP contribution is -2.39. The first-order chi connectivity index (χ1) is 12.9. The third-order valence-corrected chi connectivity index (χ3v) is 4.40. The lowest BCUT2D eigenvalue weighted by Gasteiger charge is -2.24. The van der Waals surface area contributed by atoms with Crippen molar-refractivity contribution in [1.82, 2.24) is 5.32 Å². The van der Waals surface area contributed by atoms with E-state index < -0.39 is 28.7 Å². The third-order valence-electron chi connectivity index (χ3n) is 4.40. The molecule has 2 N–H and O–H groups in total. The molecule has 3 rings (SSSR count). The van der Waals surface area contributed by atoms with Gasteiger partial charge in [-0.3, -0.25) is 4.79 Å². The Morgan fingerprint density at radius 3 is 2.04 bits per heavy atom. The second-order valence-electron chi connectivity index (χ2n) is 6.50. The summed E-state index contributed by atoms with van der Waals surface area (Å²) in [5, 5.41) is 13.1. The molecule has 3 nitrogen and oxygen atoms in total. The van der Waals surface area contributed by atoms with Crippen LogP contribution >= 0.6 is 0 Å². The number of carbonyl (C=O) groups is 1. The van der Waals surface area contributed by atoms with E-state index in [-0.39, 0.29) is 6.54 Å². The maximum atomic E-state index is 13.7. The first kappa shape index (κ1) is 18.7. The highest BCUT2D eigenvalue weighted by Gasteiger charge is 2.25. The van der Waals surface area contributed by atoms with Crippen molar-refractivity contribution in [2.45, 2.75) is 12.5 Å². The maximum Gasteiger partial charge on any atom is 0.257 e. The van der Waals surface area contributed by atoms with E-state index in [1.165, 1.54) is 13.0 Å². The molecular formula is C22H19F2NO2. The van der Waals surface area contributed by atoms with E-state index in [1.54, 1.807) is 12.1 Å². The van der Waals surface area contributed by atoms with Gasteiger partial charge in [-0.05, 0) is 35.7 Å². The van der Waals surface area contributed by atoms with E-state index >= 15 is 0 Å². The van der Waals surface area contributed by atoms with Crippen LogP contribution in [-0.2, 0) is 5.60 Å². The highest BCUT2D eigenvalue weighted by molar-refractivity contribution is 5.94. The molecule has 27 heavy (non-hydrogen) atoms. The Morgan fingerprint density at radius 1 is 0.889 bits per heavy atom. The normalized spacial score (nSPS) is 13.0. The number of amides is 1. The second kappa shape index (κ2) is 7.68. The van der Waals surface area contributed by atoms with E-state index in [9.17, 15) is 18.7 Å². The topological polar surface area (TPSA) is 49.3 Å². The van der Waals surface area contributed by atoms with Crippen molar-refractivity contribution in [3.63, 3.8) is 0 Å².